The highest BCUT2D eigenvalue weighted by atomic mass is 16.5. The van der Waals surface area contributed by atoms with Crippen LogP contribution in [0.2, 0.25) is 0 Å². The first-order valence-corrected chi connectivity index (χ1v) is 28.5. The van der Waals surface area contributed by atoms with Crippen molar-refractivity contribution in [1.82, 2.24) is 19.9 Å². The predicted molar refractivity (Wildman–Crippen MR) is 331 cm³/mol. The lowest BCUT2D eigenvalue weighted by Crippen LogP contribution is -2.13. The Hall–Kier alpha value is -8.22. The van der Waals surface area contributed by atoms with E-state index in [0.29, 0.717) is 25.0 Å². The van der Waals surface area contributed by atoms with Crippen molar-refractivity contribution in [2.45, 2.75) is 92.9 Å². The number of benzene rings is 5. The molecule has 2 aliphatic rings. The van der Waals surface area contributed by atoms with Crippen molar-refractivity contribution in [3.63, 3.8) is 0 Å². The third-order valence-electron chi connectivity index (χ3n) is 15.4. The average molecular weight is 1030 g/mol. The van der Waals surface area contributed by atoms with Crippen LogP contribution in [-0.2, 0) is 0 Å². The standard InChI is InChI=1S/C72H74N4O2/c1-7-12-27-50(10-4)47-77-65-46-56(66(43-49(65)6)78-48-51(11-5)28-13-8-2)37-38-58-45-64-68(53-31-20-15-21-32-53)60-40-39-59(73-60)67(52-29-18-14-19-30-52)63-44-57(26-9-3)71(75-63)69(54-33-22-16-23-34-54)61-41-42-62(74-61)70(72(58)76-64)55-35-24-17-25-36-55/h9,14-26,29-46,50-51,73-74H,7-8,10-13,27-28,47-48H2,1-6H3/b26-9+,38-37+,67-59?,67-63?,68-60?,68-64?,69-61?,70-62?,71-69?,72-70?. The van der Waals surface area contributed by atoms with Crippen LogP contribution in [0.15, 0.2) is 176 Å². The number of nitrogens with one attached hydrogen (secondary N) is 2. The minimum atomic E-state index is 0.474. The Kier molecular flexibility index (Phi) is 17.2. The molecule has 78 heavy (non-hydrogen) atoms. The van der Waals surface area contributed by atoms with Gasteiger partial charge in [0.2, 0.25) is 0 Å². The van der Waals surface area contributed by atoms with Gasteiger partial charge in [-0.05, 0) is 115 Å². The molecule has 0 amide bonds. The van der Waals surface area contributed by atoms with Crippen molar-refractivity contribution in [2.24, 2.45) is 11.8 Å². The highest BCUT2D eigenvalue weighted by Crippen LogP contribution is 2.43. The van der Waals surface area contributed by atoms with Crippen LogP contribution in [0.3, 0.4) is 0 Å². The molecule has 10 rings (SSSR count). The number of H-pyrrole nitrogens is 2. The van der Waals surface area contributed by atoms with Gasteiger partial charge in [-0.15, -0.1) is 0 Å². The molecule has 5 heterocycles. The number of fused-ring (bicyclic) bond motifs is 8. The summed E-state index contributed by atoms with van der Waals surface area (Å²) >= 11 is 0. The maximum atomic E-state index is 6.90. The molecule has 0 saturated heterocycles. The Morgan fingerprint density at radius 2 is 0.859 bits per heavy atom. The van der Waals surface area contributed by atoms with E-state index in [9.17, 15) is 0 Å². The first kappa shape index (κ1) is 53.2. The average Bonchev–Trinajstić information content (AvgIpc) is 4.48. The van der Waals surface area contributed by atoms with Gasteiger partial charge in [0.1, 0.15) is 11.5 Å². The maximum absolute atomic E-state index is 6.90. The molecular formula is C72H74N4O2. The number of aryl methyl sites for hydroxylation is 1. The topological polar surface area (TPSA) is 75.8 Å². The van der Waals surface area contributed by atoms with Crippen molar-refractivity contribution < 1.29 is 9.47 Å². The summed E-state index contributed by atoms with van der Waals surface area (Å²) < 4.78 is 13.7. The number of ether oxygens (including phenoxy) is 2. The Labute approximate surface area is 462 Å². The summed E-state index contributed by atoms with van der Waals surface area (Å²) in [7, 11) is 0. The number of allylic oxidation sites excluding steroid dienone is 5. The Morgan fingerprint density at radius 1 is 0.462 bits per heavy atom. The van der Waals surface area contributed by atoms with Crippen molar-refractivity contribution in [3.05, 3.63) is 210 Å². The fraction of sp³-hybridized carbons (Fsp3) is 0.250. The molecule has 0 saturated carbocycles. The quantitative estimate of drug-likeness (QED) is 0.0752. The Bertz CT molecular complexity index is 3640. The number of nitrogens with zero attached hydrogens (tertiary/aromatic N) is 2. The SMILES string of the molecule is C/C=C/C1=Cc2nc1c(-c1ccccc1)c1ccc([nH]1)c(-c1ccccc1)c1nc(c(-c3ccccc3)c3ccc([nH]3)c2-c2ccccc2)C=C1/C=C/c1cc(OCC(CC)CCCC)c(C)cc1OCC(CC)CCCC. The van der Waals surface area contributed by atoms with Gasteiger partial charge in [-0.1, -0.05) is 212 Å². The zero-order valence-electron chi connectivity index (χ0n) is 46.4. The molecule has 2 unspecified atom stereocenters. The number of unbranched alkanes of at least 4 members (excludes halogenated alkanes) is 2. The monoisotopic (exact) mass is 1030 g/mol. The van der Waals surface area contributed by atoms with Crippen molar-refractivity contribution in [2.75, 3.05) is 13.2 Å². The fourth-order valence-electron chi connectivity index (χ4n) is 11.0. The van der Waals surface area contributed by atoms with Crippen LogP contribution in [0.5, 0.6) is 11.5 Å². The van der Waals surface area contributed by atoms with Gasteiger partial charge in [0.05, 0.1) is 36.0 Å². The zero-order chi connectivity index (χ0) is 53.8. The molecule has 8 aromatic rings. The van der Waals surface area contributed by atoms with Gasteiger partial charge in [0.25, 0.3) is 0 Å². The smallest absolute Gasteiger partial charge is 0.127 e. The molecule has 6 nitrogen and oxygen atoms in total. The van der Waals surface area contributed by atoms with E-state index in [1.54, 1.807) is 0 Å². The summed E-state index contributed by atoms with van der Waals surface area (Å²) in [5, 5.41) is 0. The molecule has 0 fully saturated rings. The summed E-state index contributed by atoms with van der Waals surface area (Å²) in [6.45, 7) is 14.7. The third-order valence-corrected chi connectivity index (χ3v) is 15.4. The Morgan fingerprint density at radius 3 is 1.27 bits per heavy atom. The largest absolute Gasteiger partial charge is 0.493 e. The summed E-state index contributed by atoms with van der Waals surface area (Å²) in [6, 6.07) is 55.8. The number of hydrogen-bond acceptors (Lipinski definition) is 4. The second kappa shape index (κ2) is 25.3. The molecular weight excluding hydrogens is 953 g/mol. The second-order valence-corrected chi connectivity index (χ2v) is 20.9. The van der Waals surface area contributed by atoms with Crippen molar-refractivity contribution in [1.29, 1.82) is 0 Å². The van der Waals surface area contributed by atoms with E-state index in [2.05, 4.69) is 246 Å². The van der Waals surface area contributed by atoms with Gasteiger partial charge in [0, 0.05) is 61.0 Å². The molecule has 8 bridgehead atoms. The van der Waals surface area contributed by atoms with E-state index in [0.717, 1.165) is 142 Å². The highest BCUT2D eigenvalue weighted by Gasteiger charge is 2.24. The van der Waals surface area contributed by atoms with Gasteiger partial charge in [-0.2, -0.15) is 0 Å². The third kappa shape index (κ3) is 11.8. The minimum Gasteiger partial charge on any atom is -0.493 e. The van der Waals surface area contributed by atoms with E-state index in [-0.39, 0.29) is 0 Å². The van der Waals surface area contributed by atoms with Crippen LogP contribution < -0.4 is 9.47 Å². The molecule has 2 aliphatic heterocycles. The summed E-state index contributed by atoms with van der Waals surface area (Å²) in [5.74, 6) is 2.74. The summed E-state index contributed by atoms with van der Waals surface area (Å²) in [6.07, 6.45) is 22.5. The number of aromatic amines is 2. The lowest BCUT2D eigenvalue weighted by molar-refractivity contribution is 0.226. The predicted octanol–water partition coefficient (Wildman–Crippen LogP) is 19.9. The summed E-state index contributed by atoms with van der Waals surface area (Å²) in [5.41, 5.74) is 19.6. The minimum absolute atomic E-state index is 0.474. The fourth-order valence-corrected chi connectivity index (χ4v) is 11.0. The number of aromatic nitrogens is 4. The van der Waals surface area contributed by atoms with E-state index in [4.69, 9.17) is 19.4 Å². The van der Waals surface area contributed by atoms with Crippen LogP contribution in [0.25, 0.3) is 95.9 Å². The molecule has 2 atom stereocenters. The van der Waals surface area contributed by atoms with Crippen molar-refractivity contribution in [3.8, 4) is 56.0 Å². The van der Waals surface area contributed by atoms with Crippen molar-refractivity contribution >= 4 is 51.4 Å². The molecule has 0 spiro atoms. The first-order chi connectivity index (χ1) is 38.4. The number of rotatable bonds is 21. The van der Waals surface area contributed by atoms with E-state index in [1.807, 2.05) is 0 Å². The van der Waals surface area contributed by atoms with E-state index in [1.165, 1.54) is 32.1 Å². The van der Waals surface area contributed by atoms with Crippen LogP contribution in [-0.4, -0.2) is 33.1 Å². The van der Waals surface area contributed by atoms with Gasteiger partial charge in [-0.25, -0.2) is 9.97 Å². The molecule has 0 radical (unpaired) electrons. The first-order valence-electron chi connectivity index (χ1n) is 28.5. The molecule has 0 aliphatic carbocycles. The van der Waals surface area contributed by atoms with Gasteiger partial charge < -0.3 is 19.4 Å². The second-order valence-electron chi connectivity index (χ2n) is 20.9. The van der Waals surface area contributed by atoms with E-state index < -0.39 is 0 Å². The maximum Gasteiger partial charge on any atom is 0.127 e. The normalized spacial score (nSPS) is 13.2. The van der Waals surface area contributed by atoms with Crippen LogP contribution in [0.4, 0.5) is 0 Å². The van der Waals surface area contributed by atoms with Crippen LogP contribution in [0, 0.1) is 18.8 Å². The molecule has 5 aromatic carbocycles. The van der Waals surface area contributed by atoms with Gasteiger partial charge in [0.15, 0.2) is 0 Å². The van der Waals surface area contributed by atoms with E-state index >= 15 is 0 Å². The zero-order valence-corrected chi connectivity index (χ0v) is 46.4. The highest BCUT2D eigenvalue weighted by molar-refractivity contribution is 6.06. The number of hydrogen-bond donors (Lipinski definition) is 2. The Balaban J connectivity index is 1.28. The van der Waals surface area contributed by atoms with Gasteiger partial charge in [-0.3, -0.25) is 0 Å². The molecule has 394 valence electrons. The molecule has 6 heteroatoms. The summed E-state index contributed by atoms with van der Waals surface area (Å²) in [4.78, 5) is 19.4. The molecule has 3 aromatic heterocycles. The van der Waals surface area contributed by atoms with Crippen LogP contribution in [0.1, 0.15) is 120 Å². The van der Waals surface area contributed by atoms with Crippen LogP contribution >= 0.6 is 0 Å². The van der Waals surface area contributed by atoms with Gasteiger partial charge >= 0.3 is 0 Å². The lowest BCUT2D eigenvalue weighted by Gasteiger charge is -2.20. The molecule has 2 N–H and O–H groups in total. The lowest BCUT2D eigenvalue weighted by atomic mass is 9.98.